The van der Waals surface area contributed by atoms with Crippen LogP contribution < -0.4 is 4.90 Å². The molecular weight excluding hydrogens is 305 g/mol. The molecule has 0 amide bonds. The molecule has 0 atom stereocenters. The number of hydrogen-bond donors (Lipinski definition) is 0. The Balaban J connectivity index is 1.58. The van der Waals surface area contributed by atoms with Gasteiger partial charge in [-0.25, -0.2) is 0 Å². The Morgan fingerprint density at radius 3 is 2.29 bits per heavy atom. The number of rotatable bonds is 3. The van der Waals surface area contributed by atoms with Crippen LogP contribution in [0, 0.1) is 0 Å². The fourth-order valence-corrected chi connectivity index (χ4v) is 2.88. The quantitative estimate of drug-likeness (QED) is 0.859. The van der Waals surface area contributed by atoms with E-state index in [1.165, 1.54) is 5.56 Å². The number of piperazine rings is 1. The van der Waals surface area contributed by atoms with Crippen molar-refractivity contribution in [2.75, 3.05) is 31.1 Å². The van der Waals surface area contributed by atoms with Crippen LogP contribution in [0.5, 0.6) is 0 Å². The molecule has 1 fully saturated rings. The van der Waals surface area contributed by atoms with Gasteiger partial charge in [0.1, 0.15) is 0 Å². The zero-order valence-electron chi connectivity index (χ0n) is 11.7. The summed E-state index contributed by atoms with van der Waals surface area (Å²) in [5.74, 6) is 0. The van der Waals surface area contributed by atoms with E-state index < -0.39 is 0 Å². The smallest absolute Gasteiger partial charge is 0.0612 e. The summed E-state index contributed by atoms with van der Waals surface area (Å²) in [6.45, 7) is 5.08. The minimum absolute atomic E-state index is 0.608. The second-order valence-electron chi connectivity index (χ2n) is 5.22. The van der Waals surface area contributed by atoms with Crippen LogP contribution in [0.15, 0.2) is 42.7 Å². The molecule has 0 unspecified atom stereocenters. The molecule has 2 aromatic rings. The largest absolute Gasteiger partial charge is 0.369 e. The lowest BCUT2D eigenvalue weighted by atomic mass is 10.2. The van der Waals surface area contributed by atoms with Crippen molar-refractivity contribution >= 4 is 28.9 Å². The van der Waals surface area contributed by atoms with E-state index in [0.29, 0.717) is 10.0 Å². The molecule has 1 aliphatic heterocycles. The lowest BCUT2D eigenvalue weighted by molar-refractivity contribution is 0.250. The third-order valence-electron chi connectivity index (χ3n) is 3.80. The first-order valence-corrected chi connectivity index (χ1v) is 7.79. The van der Waals surface area contributed by atoms with E-state index in [9.17, 15) is 0 Å². The van der Waals surface area contributed by atoms with Crippen LogP contribution in [-0.2, 0) is 6.54 Å². The molecule has 3 rings (SSSR count). The topological polar surface area (TPSA) is 19.4 Å². The molecular formula is C16H17Cl2N3. The summed E-state index contributed by atoms with van der Waals surface area (Å²) < 4.78 is 0. The number of aromatic nitrogens is 1. The second kappa shape index (κ2) is 6.65. The summed E-state index contributed by atoms with van der Waals surface area (Å²) in [4.78, 5) is 8.87. The first-order chi connectivity index (χ1) is 10.2. The number of hydrogen-bond acceptors (Lipinski definition) is 3. The molecule has 0 N–H and O–H groups in total. The molecule has 21 heavy (non-hydrogen) atoms. The van der Waals surface area contributed by atoms with E-state index in [1.54, 1.807) is 0 Å². The Bertz CT molecular complexity index is 596. The van der Waals surface area contributed by atoms with Crippen molar-refractivity contribution in [1.29, 1.82) is 0 Å². The zero-order valence-corrected chi connectivity index (χ0v) is 13.2. The molecule has 5 heteroatoms. The fraction of sp³-hybridized carbons (Fsp3) is 0.312. The average Bonchev–Trinajstić information content (AvgIpc) is 2.52. The molecule has 0 aliphatic carbocycles. The Labute approximate surface area is 135 Å². The molecule has 0 radical (unpaired) electrons. The van der Waals surface area contributed by atoms with Gasteiger partial charge >= 0.3 is 0 Å². The molecule has 2 heterocycles. The fourth-order valence-electron chi connectivity index (χ4n) is 2.59. The van der Waals surface area contributed by atoms with Crippen molar-refractivity contribution in [3.8, 4) is 0 Å². The maximum Gasteiger partial charge on any atom is 0.0612 e. The van der Waals surface area contributed by atoms with Gasteiger partial charge in [0.15, 0.2) is 0 Å². The number of pyridine rings is 1. The van der Waals surface area contributed by atoms with E-state index in [2.05, 4.69) is 26.9 Å². The lowest BCUT2D eigenvalue weighted by Gasteiger charge is -2.36. The zero-order chi connectivity index (χ0) is 14.7. The van der Waals surface area contributed by atoms with Gasteiger partial charge in [-0.3, -0.25) is 9.88 Å². The summed E-state index contributed by atoms with van der Waals surface area (Å²) in [7, 11) is 0. The van der Waals surface area contributed by atoms with Gasteiger partial charge in [0.05, 0.1) is 10.0 Å². The summed E-state index contributed by atoms with van der Waals surface area (Å²) in [6.07, 6.45) is 3.70. The standard InChI is InChI=1S/C16H17Cl2N3/c17-15-2-1-14(11-16(15)18)21-9-7-20(8-10-21)12-13-3-5-19-6-4-13/h1-6,11H,7-10,12H2. The van der Waals surface area contributed by atoms with Crippen molar-refractivity contribution in [3.05, 3.63) is 58.3 Å². The van der Waals surface area contributed by atoms with Gasteiger partial charge < -0.3 is 4.90 Å². The Hall–Kier alpha value is -1.29. The molecule has 0 bridgehead atoms. The molecule has 0 spiro atoms. The molecule has 1 aromatic heterocycles. The summed E-state index contributed by atoms with van der Waals surface area (Å²) in [5.41, 5.74) is 2.46. The SMILES string of the molecule is Clc1ccc(N2CCN(Cc3ccncc3)CC2)cc1Cl. The highest BCUT2D eigenvalue weighted by molar-refractivity contribution is 6.42. The van der Waals surface area contributed by atoms with Crippen molar-refractivity contribution in [1.82, 2.24) is 9.88 Å². The molecule has 1 saturated heterocycles. The van der Waals surface area contributed by atoms with Crippen LogP contribution in [0.25, 0.3) is 0 Å². The first-order valence-electron chi connectivity index (χ1n) is 7.03. The van der Waals surface area contributed by atoms with Crippen LogP contribution >= 0.6 is 23.2 Å². The Morgan fingerprint density at radius 2 is 1.62 bits per heavy atom. The lowest BCUT2D eigenvalue weighted by Crippen LogP contribution is -2.45. The van der Waals surface area contributed by atoms with E-state index in [-0.39, 0.29) is 0 Å². The van der Waals surface area contributed by atoms with Gasteiger partial charge in [-0.05, 0) is 35.9 Å². The van der Waals surface area contributed by atoms with E-state index in [0.717, 1.165) is 38.4 Å². The first kappa shape index (κ1) is 14.6. The highest BCUT2D eigenvalue weighted by Gasteiger charge is 2.17. The number of halogens is 2. The van der Waals surface area contributed by atoms with Crippen molar-refractivity contribution in [3.63, 3.8) is 0 Å². The monoisotopic (exact) mass is 321 g/mol. The van der Waals surface area contributed by atoms with E-state index >= 15 is 0 Å². The Morgan fingerprint density at radius 1 is 0.905 bits per heavy atom. The maximum atomic E-state index is 6.09. The van der Waals surface area contributed by atoms with Crippen LogP contribution in [0.1, 0.15) is 5.56 Å². The van der Waals surface area contributed by atoms with Gasteiger partial charge in [-0.15, -0.1) is 0 Å². The summed E-state index contributed by atoms with van der Waals surface area (Å²) >= 11 is 12.1. The molecule has 110 valence electrons. The summed E-state index contributed by atoms with van der Waals surface area (Å²) in [6, 6.07) is 9.99. The van der Waals surface area contributed by atoms with Crippen molar-refractivity contribution < 1.29 is 0 Å². The van der Waals surface area contributed by atoms with Crippen molar-refractivity contribution in [2.24, 2.45) is 0 Å². The second-order valence-corrected chi connectivity index (χ2v) is 6.03. The van der Waals surface area contributed by atoms with Crippen LogP contribution in [0.3, 0.4) is 0 Å². The molecule has 3 nitrogen and oxygen atoms in total. The van der Waals surface area contributed by atoms with Gasteiger partial charge in [-0.1, -0.05) is 23.2 Å². The third-order valence-corrected chi connectivity index (χ3v) is 4.54. The average molecular weight is 322 g/mol. The van der Waals surface area contributed by atoms with Crippen LogP contribution in [0.4, 0.5) is 5.69 Å². The van der Waals surface area contributed by atoms with Crippen molar-refractivity contribution in [2.45, 2.75) is 6.54 Å². The molecule has 1 aliphatic rings. The summed E-state index contributed by atoms with van der Waals surface area (Å²) in [5, 5.41) is 1.23. The van der Waals surface area contributed by atoms with E-state index in [4.69, 9.17) is 23.2 Å². The van der Waals surface area contributed by atoms with Crippen LogP contribution in [0.2, 0.25) is 10.0 Å². The number of nitrogens with zero attached hydrogens (tertiary/aromatic N) is 3. The predicted molar refractivity (Wildman–Crippen MR) is 88.2 cm³/mol. The highest BCUT2D eigenvalue weighted by atomic mass is 35.5. The maximum absolute atomic E-state index is 6.09. The Kier molecular flexibility index (Phi) is 4.63. The van der Waals surface area contributed by atoms with Gasteiger partial charge in [0.2, 0.25) is 0 Å². The third kappa shape index (κ3) is 3.67. The van der Waals surface area contributed by atoms with Gasteiger partial charge in [0.25, 0.3) is 0 Å². The highest BCUT2D eigenvalue weighted by Crippen LogP contribution is 2.27. The predicted octanol–water partition coefficient (Wildman–Crippen LogP) is 3.71. The van der Waals surface area contributed by atoms with Crippen LogP contribution in [-0.4, -0.2) is 36.1 Å². The normalized spacial score (nSPS) is 16.2. The number of benzene rings is 1. The molecule has 1 aromatic carbocycles. The van der Waals surface area contributed by atoms with Gasteiger partial charge in [0, 0.05) is 50.8 Å². The minimum atomic E-state index is 0.608. The number of anilines is 1. The minimum Gasteiger partial charge on any atom is -0.369 e. The van der Waals surface area contributed by atoms with Gasteiger partial charge in [-0.2, -0.15) is 0 Å². The van der Waals surface area contributed by atoms with E-state index in [1.807, 2.05) is 30.6 Å². The molecule has 0 saturated carbocycles.